The van der Waals surface area contributed by atoms with Crippen molar-refractivity contribution in [2.24, 2.45) is 0 Å². The minimum atomic E-state index is -0.741. The molecule has 3 aromatic rings. The van der Waals surface area contributed by atoms with E-state index < -0.39 is 24.3 Å². The Morgan fingerprint density at radius 1 is 0.895 bits per heavy atom. The lowest BCUT2D eigenvalue weighted by atomic mass is 9.78. The van der Waals surface area contributed by atoms with Crippen LogP contribution in [0, 0.1) is 11.3 Å². The summed E-state index contributed by atoms with van der Waals surface area (Å²) in [5.74, 6) is 1.46. The molecule has 0 aromatic heterocycles. The van der Waals surface area contributed by atoms with Crippen LogP contribution in [-0.4, -0.2) is 29.5 Å². The van der Waals surface area contributed by atoms with Gasteiger partial charge in [-0.25, -0.2) is 5.26 Å². The molecule has 1 fully saturated rings. The summed E-state index contributed by atoms with van der Waals surface area (Å²) in [6, 6.07) is 18.7. The van der Waals surface area contributed by atoms with Gasteiger partial charge >= 0.3 is 13.1 Å². The number of nitrogens with zero attached hydrogens (tertiary/aromatic N) is 1. The van der Waals surface area contributed by atoms with Crippen LogP contribution in [-0.2, 0) is 25.4 Å². The first-order chi connectivity index (χ1) is 18.0. The number of benzene rings is 3. The van der Waals surface area contributed by atoms with Crippen molar-refractivity contribution in [1.82, 2.24) is 0 Å². The number of carbonyl (C=O) groups excluding carboxylic acids is 1. The second-order valence-corrected chi connectivity index (χ2v) is 9.77. The van der Waals surface area contributed by atoms with Gasteiger partial charge in [0.15, 0.2) is 5.75 Å². The van der Waals surface area contributed by atoms with Crippen LogP contribution in [0.15, 0.2) is 60.7 Å². The lowest BCUT2D eigenvalue weighted by Crippen LogP contribution is -2.41. The molecule has 0 radical (unpaired) electrons. The zero-order valence-corrected chi connectivity index (χ0v) is 21.8. The molecule has 196 valence electrons. The third-order valence-corrected chi connectivity index (χ3v) is 6.50. The van der Waals surface area contributed by atoms with Gasteiger partial charge in [-0.15, -0.1) is 0 Å². The van der Waals surface area contributed by atoms with E-state index in [0.29, 0.717) is 39.6 Å². The van der Waals surface area contributed by atoms with Gasteiger partial charge in [0.25, 0.3) is 0 Å². The first kappa shape index (κ1) is 27.0. The van der Waals surface area contributed by atoms with E-state index in [2.05, 4.69) is 11.0 Å². The van der Waals surface area contributed by atoms with Crippen LogP contribution in [0.25, 0.3) is 0 Å². The van der Waals surface area contributed by atoms with Crippen LogP contribution in [0.1, 0.15) is 45.7 Å². The van der Waals surface area contributed by atoms with E-state index in [1.165, 1.54) is 13.0 Å². The van der Waals surface area contributed by atoms with Gasteiger partial charge in [-0.3, -0.25) is 4.79 Å². The number of ether oxygens (including phenoxy) is 3. The summed E-state index contributed by atoms with van der Waals surface area (Å²) in [4.78, 5) is 16.1. The Balaban J connectivity index is 1.58. The lowest BCUT2D eigenvalue weighted by molar-refractivity contribution is -0.142. The van der Waals surface area contributed by atoms with Gasteiger partial charge < -0.3 is 28.4 Å². The van der Waals surface area contributed by atoms with Crippen molar-refractivity contribution >= 4 is 18.6 Å². The highest BCUT2D eigenvalue weighted by Crippen LogP contribution is 2.38. The third-order valence-electron chi connectivity index (χ3n) is 6.50. The van der Waals surface area contributed by atoms with Crippen LogP contribution in [0.3, 0.4) is 0 Å². The highest BCUT2D eigenvalue weighted by molar-refractivity contribution is 6.63. The molecule has 1 heterocycles. The zero-order chi connectivity index (χ0) is 27.5. The fourth-order valence-electron chi connectivity index (χ4n) is 3.69. The SMILES string of the molecule is CC(=O)OCc1cc(Oc2ccc(C#N)cc2)ccc1Oc1ccc(B2OC(C)(C)C(C)(C)O2)c(OO)c1. The minimum Gasteiger partial charge on any atom is -0.461 e. The Labute approximate surface area is 221 Å². The van der Waals surface area contributed by atoms with Gasteiger partial charge in [0.05, 0.1) is 22.8 Å². The standard InChI is InChI=1S/C28H28BNO8/c1-18(31)33-17-20-14-22(34-21-8-6-19(16-30)7-9-21)11-13-25(20)35-23-10-12-24(26(15-23)36-32)29-37-27(2,3)28(4,5)38-29/h6-15,32H,17H2,1-5H3. The van der Waals surface area contributed by atoms with Crippen LogP contribution in [0.2, 0.25) is 0 Å². The van der Waals surface area contributed by atoms with Gasteiger partial charge in [-0.05, 0) is 76.2 Å². The fourth-order valence-corrected chi connectivity index (χ4v) is 3.69. The molecule has 3 aromatic carbocycles. The monoisotopic (exact) mass is 517 g/mol. The van der Waals surface area contributed by atoms with Crippen molar-refractivity contribution in [2.45, 2.75) is 52.4 Å². The molecule has 0 amide bonds. The quantitative estimate of drug-likeness (QED) is 0.183. The Hall–Kier alpha value is -4.04. The van der Waals surface area contributed by atoms with E-state index in [-0.39, 0.29) is 12.4 Å². The van der Waals surface area contributed by atoms with Crippen molar-refractivity contribution < 1.29 is 38.5 Å². The first-order valence-corrected chi connectivity index (χ1v) is 11.9. The van der Waals surface area contributed by atoms with Crippen LogP contribution >= 0.6 is 0 Å². The number of carbonyl (C=O) groups is 1. The molecule has 1 aliphatic heterocycles. The maximum absolute atomic E-state index is 11.5. The average molecular weight is 517 g/mol. The summed E-state index contributed by atoms with van der Waals surface area (Å²) in [6.45, 7) is 9.00. The molecule has 0 aliphatic carbocycles. The summed E-state index contributed by atoms with van der Waals surface area (Å²) in [5.41, 5.74) is 0.449. The third kappa shape index (κ3) is 5.92. The van der Waals surface area contributed by atoms with E-state index in [4.69, 9.17) is 28.8 Å². The Bertz CT molecular complexity index is 1350. The second-order valence-electron chi connectivity index (χ2n) is 9.77. The van der Waals surface area contributed by atoms with Crippen LogP contribution in [0.5, 0.6) is 28.7 Å². The van der Waals surface area contributed by atoms with Gasteiger partial charge in [0.2, 0.25) is 0 Å². The molecule has 9 nitrogen and oxygen atoms in total. The molecule has 4 rings (SSSR count). The maximum Gasteiger partial charge on any atom is 0.498 e. The molecular formula is C28H28BNO8. The highest BCUT2D eigenvalue weighted by atomic mass is 17.1. The number of esters is 1. The first-order valence-electron chi connectivity index (χ1n) is 11.9. The molecule has 1 aliphatic rings. The predicted molar refractivity (Wildman–Crippen MR) is 139 cm³/mol. The number of hydrogen-bond acceptors (Lipinski definition) is 9. The smallest absolute Gasteiger partial charge is 0.461 e. The Kier molecular flexibility index (Phi) is 7.64. The van der Waals surface area contributed by atoms with Gasteiger partial charge in [0.1, 0.15) is 29.6 Å². The number of rotatable bonds is 8. The highest BCUT2D eigenvalue weighted by Gasteiger charge is 2.52. The molecule has 0 atom stereocenters. The summed E-state index contributed by atoms with van der Waals surface area (Å²) >= 11 is 0. The molecule has 0 bridgehead atoms. The normalized spacial score (nSPS) is 15.4. The van der Waals surface area contributed by atoms with Crippen molar-refractivity contribution in [3.05, 3.63) is 71.8 Å². The summed E-state index contributed by atoms with van der Waals surface area (Å²) in [5, 5.41) is 18.6. The van der Waals surface area contributed by atoms with Gasteiger partial charge in [-0.2, -0.15) is 5.26 Å². The predicted octanol–water partition coefficient (Wildman–Crippen LogP) is 5.36. The Morgan fingerprint density at radius 2 is 1.50 bits per heavy atom. The van der Waals surface area contributed by atoms with E-state index in [0.717, 1.165) is 0 Å². The molecule has 0 unspecified atom stereocenters. The van der Waals surface area contributed by atoms with Crippen molar-refractivity contribution in [1.29, 1.82) is 5.26 Å². The number of nitriles is 1. The van der Waals surface area contributed by atoms with Crippen molar-refractivity contribution in [3.8, 4) is 34.8 Å². The second kappa shape index (κ2) is 10.8. The van der Waals surface area contributed by atoms with E-state index in [9.17, 15) is 10.1 Å². The van der Waals surface area contributed by atoms with Crippen LogP contribution in [0.4, 0.5) is 0 Å². The van der Waals surface area contributed by atoms with Gasteiger partial charge in [0, 0.05) is 24.0 Å². The lowest BCUT2D eigenvalue weighted by Gasteiger charge is -2.32. The molecule has 1 N–H and O–H groups in total. The average Bonchev–Trinajstić information content (AvgIpc) is 3.10. The molecule has 0 saturated carbocycles. The molecule has 10 heteroatoms. The molecule has 38 heavy (non-hydrogen) atoms. The molecule has 0 spiro atoms. The molecule has 1 saturated heterocycles. The van der Waals surface area contributed by atoms with Crippen molar-refractivity contribution in [2.75, 3.05) is 0 Å². The fraction of sp³-hybridized carbons (Fsp3) is 0.286. The minimum absolute atomic E-state index is 0.0510. The maximum atomic E-state index is 11.5. The van der Waals surface area contributed by atoms with Crippen LogP contribution < -0.4 is 19.8 Å². The van der Waals surface area contributed by atoms with E-state index in [1.807, 2.05) is 27.7 Å². The zero-order valence-electron chi connectivity index (χ0n) is 21.8. The van der Waals surface area contributed by atoms with E-state index >= 15 is 0 Å². The topological polar surface area (TPSA) is 116 Å². The largest absolute Gasteiger partial charge is 0.498 e. The molecular weight excluding hydrogens is 489 g/mol. The van der Waals surface area contributed by atoms with Gasteiger partial charge in [-0.1, -0.05) is 6.07 Å². The summed E-state index contributed by atoms with van der Waals surface area (Å²) < 4.78 is 29.3. The van der Waals surface area contributed by atoms with E-state index in [1.54, 1.807) is 54.6 Å². The number of hydrogen-bond donors (Lipinski definition) is 1. The summed E-state index contributed by atoms with van der Waals surface area (Å²) in [7, 11) is -0.741. The van der Waals surface area contributed by atoms with Crippen molar-refractivity contribution in [3.63, 3.8) is 0 Å². The Morgan fingerprint density at radius 3 is 2.11 bits per heavy atom. The summed E-state index contributed by atoms with van der Waals surface area (Å²) in [6.07, 6.45) is 0.